The van der Waals surface area contributed by atoms with Crippen molar-refractivity contribution in [2.24, 2.45) is 0 Å². The molecule has 1 aliphatic rings. The number of nitrogens with one attached hydrogen (secondary N) is 2. The lowest BCUT2D eigenvalue weighted by Crippen LogP contribution is -2.32. The van der Waals surface area contributed by atoms with E-state index >= 15 is 0 Å². The summed E-state index contributed by atoms with van der Waals surface area (Å²) in [5.41, 5.74) is 2.38. The second-order valence-electron chi connectivity index (χ2n) is 5.99. The van der Waals surface area contributed by atoms with Crippen molar-refractivity contribution in [3.8, 4) is 0 Å². The van der Waals surface area contributed by atoms with Crippen LogP contribution in [0.1, 0.15) is 32.0 Å². The first-order valence-electron chi connectivity index (χ1n) is 6.43. The van der Waals surface area contributed by atoms with Crippen molar-refractivity contribution in [3.63, 3.8) is 0 Å². The standard InChI is InChI=1S/C13H23N5/c1-13(2,3)17-11-9-8-14-7-6-10(9)15-12(16-11)18(4)5/h14H,6-8H2,1-5H3,(H,15,16,17). The molecule has 1 aliphatic heterocycles. The molecule has 0 radical (unpaired) electrons. The summed E-state index contributed by atoms with van der Waals surface area (Å²) in [6, 6.07) is 0. The predicted octanol–water partition coefficient (Wildman–Crippen LogP) is 1.40. The van der Waals surface area contributed by atoms with Crippen molar-refractivity contribution < 1.29 is 0 Å². The number of aromatic nitrogens is 2. The molecule has 0 aliphatic carbocycles. The highest BCUT2D eigenvalue weighted by Crippen LogP contribution is 2.25. The van der Waals surface area contributed by atoms with Gasteiger partial charge in [-0.15, -0.1) is 0 Å². The van der Waals surface area contributed by atoms with Crippen LogP contribution in [-0.4, -0.2) is 36.1 Å². The highest BCUT2D eigenvalue weighted by molar-refractivity contribution is 5.53. The molecular formula is C13H23N5. The molecule has 18 heavy (non-hydrogen) atoms. The fourth-order valence-electron chi connectivity index (χ4n) is 1.99. The van der Waals surface area contributed by atoms with E-state index in [4.69, 9.17) is 0 Å². The van der Waals surface area contributed by atoms with Gasteiger partial charge in [0.15, 0.2) is 0 Å². The third-order valence-corrected chi connectivity index (χ3v) is 2.81. The minimum absolute atomic E-state index is 0.00313. The summed E-state index contributed by atoms with van der Waals surface area (Å²) in [7, 11) is 3.95. The maximum absolute atomic E-state index is 4.64. The molecule has 1 aromatic rings. The lowest BCUT2D eigenvalue weighted by Gasteiger charge is -2.27. The molecule has 0 atom stereocenters. The molecule has 0 spiro atoms. The second-order valence-corrected chi connectivity index (χ2v) is 5.99. The lowest BCUT2D eigenvalue weighted by atomic mass is 10.1. The Hall–Kier alpha value is -1.36. The van der Waals surface area contributed by atoms with Crippen LogP contribution in [0.15, 0.2) is 0 Å². The van der Waals surface area contributed by atoms with E-state index in [1.807, 2.05) is 19.0 Å². The molecule has 2 N–H and O–H groups in total. The molecule has 1 aromatic heterocycles. The monoisotopic (exact) mass is 249 g/mol. The highest BCUT2D eigenvalue weighted by Gasteiger charge is 2.21. The van der Waals surface area contributed by atoms with Crippen molar-refractivity contribution in [1.82, 2.24) is 15.3 Å². The third kappa shape index (κ3) is 2.90. The van der Waals surface area contributed by atoms with Crippen molar-refractivity contribution in [1.29, 1.82) is 0 Å². The van der Waals surface area contributed by atoms with Crippen LogP contribution < -0.4 is 15.5 Å². The molecule has 0 bridgehead atoms. The van der Waals surface area contributed by atoms with E-state index < -0.39 is 0 Å². The Morgan fingerprint density at radius 2 is 1.94 bits per heavy atom. The second kappa shape index (κ2) is 4.72. The maximum atomic E-state index is 4.64. The van der Waals surface area contributed by atoms with E-state index in [-0.39, 0.29) is 5.54 Å². The van der Waals surface area contributed by atoms with Gasteiger partial charge < -0.3 is 15.5 Å². The molecule has 0 aromatic carbocycles. The summed E-state index contributed by atoms with van der Waals surface area (Å²) < 4.78 is 0. The molecule has 2 heterocycles. The van der Waals surface area contributed by atoms with Crippen LogP contribution in [0.4, 0.5) is 11.8 Å². The van der Waals surface area contributed by atoms with Crippen molar-refractivity contribution in [2.75, 3.05) is 30.9 Å². The lowest BCUT2D eigenvalue weighted by molar-refractivity contribution is 0.604. The van der Waals surface area contributed by atoms with Crippen LogP contribution in [0.25, 0.3) is 0 Å². The van der Waals surface area contributed by atoms with Crippen molar-refractivity contribution in [2.45, 2.75) is 39.3 Å². The Labute approximate surface area is 109 Å². The predicted molar refractivity (Wildman–Crippen MR) is 75.1 cm³/mol. The maximum Gasteiger partial charge on any atom is 0.227 e. The number of rotatable bonds is 2. The summed E-state index contributed by atoms with van der Waals surface area (Å²) in [6.45, 7) is 8.28. The van der Waals surface area contributed by atoms with Gasteiger partial charge in [-0.25, -0.2) is 4.98 Å². The van der Waals surface area contributed by atoms with Crippen LogP contribution in [0, 0.1) is 0 Å². The third-order valence-electron chi connectivity index (χ3n) is 2.81. The van der Waals surface area contributed by atoms with Gasteiger partial charge in [-0.2, -0.15) is 4.98 Å². The molecule has 100 valence electrons. The zero-order valence-corrected chi connectivity index (χ0v) is 12.0. The van der Waals surface area contributed by atoms with E-state index in [0.717, 1.165) is 31.3 Å². The Morgan fingerprint density at radius 1 is 1.22 bits per heavy atom. The van der Waals surface area contributed by atoms with Gasteiger partial charge in [0.2, 0.25) is 5.95 Å². The van der Waals surface area contributed by atoms with Gasteiger partial charge in [0.25, 0.3) is 0 Å². The van der Waals surface area contributed by atoms with Gasteiger partial charge in [0, 0.05) is 44.7 Å². The van der Waals surface area contributed by atoms with E-state index in [1.54, 1.807) is 0 Å². The average Bonchev–Trinajstić information content (AvgIpc) is 2.26. The van der Waals surface area contributed by atoms with Gasteiger partial charge in [0.1, 0.15) is 5.82 Å². The number of nitrogens with zero attached hydrogens (tertiary/aromatic N) is 3. The van der Waals surface area contributed by atoms with E-state index in [1.165, 1.54) is 11.3 Å². The molecular weight excluding hydrogens is 226 g/mol. The fraction of sp³-hybridized carbons (Fsp3) is 0.692. The molecule has 0 unspecified atom stereocenters. The quantitative estimate of drug-likeness (QED) is 0.830. The molecule has 0 amide bonds. The highest BCUT2D eigenvalue weighted by atomic mass is 15.2. The Morgan fingerprint density at radius 3 is 2.56 bits per heavy atom. The number of hydrogen-bond acceptors (Lipinski definition) is 5. The first kappa shape index (κ1) is 13.1. The summed E-state index contributed by atoms with van der Waals surface area (Å²) in [6.07, 6.45) is 0.970. The Balaban J connectivity index is 2.44. The summed E-state index contributed by atoms with van der Waals surface area (Å²) in [5.74, 6) is 1.74. The Bertz CT molecular complexity index is 434. The van der Waals surface area contributed by atoms with Crippen LogP contribution >= 0.6 is 0 Å². The molecule has 5 nitrogen and oxygen atoms in total. The number of anilines is 2. The zero-order chi connectivity index (χ0) is 13.3. The topological polar surface area (TPSA) is 53.1 Å². The van der Waals surface area contributed by atoms with E-state index in [0.29, 0.717) is 0 Å². The molecule has 2 rings (SSSR count). The summed E-state index contributed by atoms with van der Waals surface area (Å²) in [4.78, 5) is 11.2. The fourth-order valence-corrected chi connectivity index (χ4v) is 1.99. The molecule has 0 fully saturated rings. The number of fused-ring (bicyclic) bond motifs is 1. The molecule has 0 saturated carbocycles. The van der Waals surface area contributed by atoms with Crippen LogP contribution in [0.3, 0.4) is 0 Å². The van der Waals surface area contributed by atoms with Crippen molar-refractivity contribution >= 4 is 11.8 Å². The van der Waals surface area contributed by atoms with Gasteiger partial charge >= 0.3 is 0 Å². The van der Waals surface area contributed by atoms with Gasteiger partial charge in [0.05, 0.1) is 5.69 Å². The SMILES string of the molecule is CN(C)c1nc2c(c(NC(C)(C)C)n1)CNCC2. The Kier molecular flexibility index (Phi) is 3.43. The largest absolute Gasteiger partial charge is 0.365 e. The summed E-state index contributed by atoms with van der Waals surface area (Å²) in [5, 5.41) is 6.87. The van der Waals surface area contributed by atoms with Crippen LogP contribution in [-0.2, 0) is 13.0 Å². The summed E-state index contributed by atoms with van der Waals surface area (Å²) >= 11 is 0. The normalized spacial score (nSPS) is 15.2. The average molecular weight is 249 g/mol. The van der Waals surface area contributed by atoms with Crippen molar-refractivity contribution in [3.05, 3.63) is 11.3 Å². The first-order chi connectivity index (χ1) is 8.37. The minimum atomic E-state index is 0.00313. The zero-order valence-electron chi connectivity index (χ0n) is 12.0. The minimum Gasteiger partial charge on any atom is -0.365 e. The number of hydrogen-bond donors (Lipinski definition) is 2. The van der Waals surface area contributed by atoms with Gasteiger partial charge in [-0.1, -0.05) is 0 Å². The smallest absolute Gasteiger partial charge is 0.227 e. The van der Waals surface area contributed by atoms with E-state index in [9.17, 15) is 0 Å². The van der Waals surface area contributed by atoms with E-state index in [2.05, 4.69) is 41.4 Å². The molecule has 0 saturated heterocycles. The van der Waals surface area contributed by atoms with Gasteiger partial charge in [-0.3, -0.25) is 0 Å². The first-order valence-corrected chi connectivity index (χ1v) is 6.43. The van der Waals surface area contributed by atoms with Crippen LogP contribution in [0.2, 0.25) is 0 Å². The van der Waals surface area contributed by atoms with Crippen LogP contribution in [0.5, 0.6) is 0 Å². The van der Waals surface area contributed by atoms with Gasteiger partial charge in [-0.05, 0) is 20.8 Å². The molecule has 5 heteroatoms.